The molecule has 0 spiro atoms. The van der Waals surface area contributed by atoms with Crippen LogP contribution in [0.15, 0.2) is 36.7 Å². The fraction of sp³-hybridized carbons (Fsp3) is 0.333. The van der Waals surface area contributed by atoms with E-state index in [2.05, 4.69) is 9.97 Å². The van der Waals surface area contributed by atoms with E-state index in [1.165, 1.54) is 18.3 Å². The van der Waals surface area contributed by atoms with Gasteiger partial charge < -0.3 is 14.7 Å². The number of H-pyrrole nitrogens is 1. The maximum Gasteiger partial charge on any atom is 0.225 e. The first-order valence-electron chi connectivity index (χ1n) is 9.84. The molecular weight excluding hydrogens is 409 g/mol. The van der Waals surface area contributed by atoms with Gasteiger partial charge in [-0.1, -0.05) is 19.4 Å². The third-order valence-electron chi connectivity index (χ3n) is 5.27. The number of ketones is 1. The molecule has 0 unspecified atom stereocenters. The van der Waals surface area contributed by atoms with Crippen LogP contribution in [0.4, 0.5) is 10.1 Å². The molecule has 4 rings (SSSR count). The average molecular weight is 430 g/mol. The van der Waals surface area contributed by atoms with Crippen LogP contribution < -0.4 is 4.47 Å². The summed E-state index contributed by atoms with van der Waals surface area (Å²) in [5.74, 6) is -1.75. The van der Waals surface area contributed by atoms with Gasteiger partial charge in [0, 0.05) is 23.3 Å². The maximum absolute atomic E-state index is 15.1. The summed E-state index contributed by atoms with van der Waals surface area (Å²) in [6, 6.07) is 5.48. The molecule has 0 bridgehead atoms. The molecule has 1 aromatic carbocycles. The Bertz CT molecular complexity index is 1220. The Morgan fingerprint density at radius 3 is 2.80 bits per heavy atom. The van der Waals surface area contributed by atoms with E-state index < -0.39 is 27.3 Å². The van der Waals surface area contributed by atoms with Crippen LogP contribution in [0.2, 0.25) is 0 Å². The molecule has 2 heterocycles. The number of nitrogens with one attached hydrogen (secondary N) is 1. The molecular formula is C21H21FN3O4S-. The van der Waals surface area contributed by atoms with Gasteiger partial charge in [-0.2, -0.15) is 0 Å². The van der Waals surface area contributed by atoms with Gasteiger partial charge >= 0.3 is 0 Å². The number of aromatic amines is 1. The summed E-state index contributed by atoms with van der Waals surface area (Å²) < 4.78 is 39.1. The summed E-state index contributed by atoms with van der Waals surface area (Å²) in [5, 5.41) is 12.9. The number of rotatable bonds is 8. The van der Waals surface area contributed by atoms with Crippen LogP contribution in [0, 0.1) is 11.0 Å². The first kappa shape index (κ1) is 20.5. The van der Waals surface area contributed by atoms with Crippen LogP contribution in [0.5, 0.6) is 0 Å². The van der Waals surface area contributed by atoms with E-state index in [-0.39, 0.29) is 27.8 Å². The van der Waals surface area contributed by atoms with Crippen molar-refractivity contribution in [3.05, 3.63) is 64.4 Å². The number of halogens is 1. The molecule has 0 atom stereocenters. The largest absolute Gasteiger partial charge is 0.744 e. The second-order valence-electron chi connectivity index (χ2n) is 7.51. The number of aromatic nitrogens is 2. The van der Waals surface area contributed by atoms with Gasteiger partial charge in [-0.3, -0.25) is 4.79 Å². The zero-order valence-corrected chi connectivity index (χ0v) is 17.2. The molecule has 0 amide bonds. The Kier molecular flexibility index (Phi) is 5.33. The Morgan fingerprint density at radius 1 is 1.33 bits per heavy atom. The van der Waals surface area contributed by atoms with Gasteiger partial charge in [0.25, 0.3) is 0 Å². The van der Waals surface area contributed by atoms with Crippen molar-refractivity contribution in [3.63, 3.8) is 0 Å². The lowest BCUT2D eigenvalue weighted by Crippen LogP contribution is -2.28. The lowest BCUT2D eigenvalue weighted by atomic mass is 10.0. The second-order valence-corrected chi connectivity index (χ2v) is 9.41. The molecule has 9 heteroatoms. The summed E-state index contributed by atoms with van der Waals surface area (Å²) in [6.45, 7) is 1.79. The average Bonchev–Trinajstić information content (AvgIpc) is 3.50. The lowest BCUT2D eigenvalue weighted by molar-refractivity contribution is 0.103. The van der Waals surface area contributed by atoms with Crippen molar-refractivity contribution in [2.45, 2.75) is 38.5 Å². The number of carbonyl (C=O) groups excluding carboxylic acids is 1. The molecule has 1 saturated carbocycles. The number of hydrogen-bond acceptors (Lipinski definition) is 5. The first-order valence-corrected chi connectivity index (χ1v) is 11.4. The highest BCUT2D eigenvalue weighted by molar-refractivity contribution is 7.92. The predicted molar refractivity (Wildman–Crippen MR) is 112 cm³/mol. The van der Waals surface area contributed by atoms with E-state index >= 15 is 4.39 Å². The Labute approximate surface area is 173 Å². The number of hydrogen-bond donors (Lipinski definition) is 1. The third-order valence-corrected chi connectivity index (χ3v) is 6.78. The maximum atomic E-state index is 15.1. The summed E-state index contributed by atoms with van der Waals surface area (Å²) in [5.41, 5.74) is 0.706. The van der Waals surface area contributed by atoms with Gasteiger partial charge in [0.1, 0.15) is 5.65 Å². The Morgan fingerprint density at radius 2 is 2.10 bits per heavy atom. The lowest BCUT2D eigenvalue weighted by Gasteiger charge is -2.30. The standard InChI is InChI=1S/C21H21FN3O4S/c1-2-3-9-30(28,29)25(27)18-6-4-5-15(19(18)22)20(26)17-12-24-21-16(17)10-14(11-23-21)13-7-8-13/h4-6,10-13H,2-3,7-9H2,1H3,(H,23,24)/q-1. The second kappa shape index (κ2) is 7.81. The van der Waals surface area contributed by atoms with E-state index in [1.807, 2.05) is 6.07 Å². The molecule has 30 heavy (non-hydrogen) atoms. The van der Waals surface area contributed by atoms with Crippen molar-refractivity contribution in [2.24, 2.45) is 0 Å². The summed E-state index contributed by atoms with van der Waals surface area (Å²) in [7, 11) is -4.23. The van der Waals surface area contributed by atoms with Crippen LogP contribution >= 0.6 is 0 Å². The van der Waals surface area contributed by atoms with Crippen molar-refractivity contribution in [2.75, 3.05) is 10.2 Å². The molecule has 1 N–H and O–H groups in total. The smallest absolute Gasteiger partial charge is 0.225 e. The molecule has 7 nitrogen and oxygen atoms in total. The minimum absolute atomic E-state index is 0.224. The number of unbranched alkanes of at least 4 members (excludes halogenated alkanes) is 1. The number of fused-ring (bicyclic) bond motifs is 1. The van der Waals surface area contributed by atoms with Crippen LogP contribution in [0.25, 0.3) is 11.0 Å². The fourth-order valence-electron chi connectivity index (χ4n) is 3.39. The normalized spacial score (nSPS) is 14.2. The van der Waals surface area contributed by atoms with Gasteiger partial charge in [0.05, 0.1) is 17.0 Å². The monoisotopic (exact) mass is 430 g/mol. The first-order chi connectivity index (χ1) is 14.3. The molecule has 158 valence electrons. The van der Waals surface area contributed by atoms with Gasteiger partial charge in [-0.25, -0.2) is 17.8 Å². The number of benzene rings is 1. The van der Waals surface area contributed by atoms with Crippen LogP contribution in [-0.4, -0.2) is 29.9 Å². The van der Waals surface area contributed by atoms with E-state index in [1.54, 1.807) is 13.1 Å². The summed E-state index contributed by atoms with van der Waals surface area (Å²) in [4.78, 5) is 20.3. The molecule has 1 aliphatic rings. The number of pyridine rings is 1. The molecule has 1 aliphatic carbocycles. The molecule has 2 aromatic heterocycles. The fourth-order valence-corrected chi connectivity index (χ4v) is 4.65. The van der Waals surface area contributed by atoms with Gasteiger partial charge in [0.15, 0.2) is 11.6 Å². The van der Waals surface area contributed by atoms with E-state index in [9.17, 15) is 18.4 Å². The van der Waals surface area contributed by atoms with Gasteiger partial charge in [0.2, 0.25) is 10.0 Å². The Hall–Kier alpha value is -2.78. The van der Waals surface area contributed by atoms with Crippen molar-refractivity contribution < 1.29 is 17.6 Å². The van der Waals surface area contributed by atoms with Crippen molar-refractivity contribution in [1.82, 2.24) is 9.97 Å². The highest BCUT2D eigenvalue weighted by Crippen LogP contribution is 2.40. The number of carbonyl (C=O) groups is 1. The van der Waals surface area contributed by atoms with Crippen LogP contribution in [0.1, 0.15) is 60.0 Å². The van der Waals surface area contributed by atoms with E-state index in [0.717, 1.165) is 24.5 Å². The van der Waals surface area contributed by atoms with E-state index in [0.29, 0.717) is 23.4 Å². The van der Waals surface area contributed by atoms with Crippen LogP contribution in [0.3, 0.4) is 0 Å². The quantitative estimate of drug-likeness (QED) is 0.425. The zero-order valence-electron chi connectivity index (χ0n) is 16.4. The Balaban J connectivity index is 1.71. The van der Waals surface area contributed by atoms with Crippen molar-refractivity contribution in [1.29, 1.82) is 0 Å². The van der Waals surface area contributed by atoms with E-state index in [4.69, 9.17) is 0 Å². The minimum atomic E-state index is -4.23. The minimum Gasteiger partial charge on any atom is -0.744 e. The van der Waals surface area contributed by atoms with Gasteiger partial charge in [-0.05, 0) is 48.9 Å². The molecule has 0 saturated heterocycles. The topological polar surface area (TPSA) is 106 Å². The third kappa shape index (κ3) is 3.70. The molecule has 0 aliphatic heterocycles. The summed E-state index contributed by atoms with van der Waals surface area (Å²) >= 11 is 0. The predicted octanol–water partition coefficient (Wildman–Crippen LogP) is 4.24. The number of anilines is 1. The molecule has 0 radical (unpaired) electrons. The highest BCUT2D eigenvalue weighted by atomic mass is 32.2. The van der Waals surface area contributed by atoms with Crippen LogP contribution in [-0.2, 0) is 10.0 Å². The highest BCUT2D eigenvalue weighted by Gasteiger charge is 2.26. The number of sulfonamides is 1. The van der Waals surface area contributed by atoms with Crippen molar-refractivity contribution in [3.8, 4) is 0 Å². The molecule has 1 fully saturated rings. The summed E-state index contributed by atoms with van der Waals surface area (Å²) in [6.07, 6.45) is 6.23. The van der Waals surface area contributed by atoms with Crippen molar-refractivity contribution >= 4 is 32.5 Å². The van der Waals surface area contributed by atoms with Gasteiger partial charge in [-0.15, -0.1) is 0 Å². The molecule has 3 aromatic rings. The zero-order chi connectivity index (χ0) is 21.5. The SMILES string of the molecule is CCCCS(=O)(=O)N([O-])c1cccc(C(=O)c2c[nH]c3ncc(C4CC4)cc23)c1F. The number of nitrogens with zero attached hydrogens (tertiary/aromatic N) is 2.